The Morgan fingerprint density at radius 3 is 2.68 bits per heavy atom. The molecule has 1 atom stereocenters. The summed E-state index contributed by atoms with van der Waals surface area (Å²) in [6.45, 7) is 8.54. The van der Waals surface area contributed by atoms with Crippen molar-refractivity contribution in [1.29, 1.82) is 0 Å². The Kier molecular flexibility index (Phi) is 5.63. The van der Waals surface area contributed by atoms with Gasteiger partial charge in [0.05, 0.1) is 16.2 Å². The molecule has 0 radical (unpaired) electrons. The lowest BCUT2D eigenvalue weighted by molar-refractivity contribution is -0.118. The number of sulfone groups is 1. The second-order valence-corrected chi connectivity index (χ2v) is 12.3. The fraction of sp³-hybridized carbons (Fsp3) is 0.407. The van der Waals surface area contributed by atoms with E-state index < -0.39 is 9.84 Å². The average Bonchev–Trinajstić information content (AvgIpc) is 3.10. The molecule has 0 N–H and O–H groups in total. The first kappa shape index (κ1) is 22.8. The molecule has 5 rings (SSSR count). The number of ketones is 1. The number of rotatable bonds is 4. The van der Waals surface area contributed by atoms with Crippen LogP contribution in [0.5, 0.6) is 0 Å². The normalized spacial score (nSPS) is 22.0. The van der Waals surface area contributed by atoms with Crippen molar-refractivity contribution < 1.29 is 13.2 Å². The average molecular weight is 478 g/mol. The Bertz CT molecular complexity index is 1390. The predicted molar refractivity (Wildman–Crippen MR) is 136 cm³/mol. The van der Waals surface area contributed by atoms with Crippen LogP contribution in [-0.4, -0.2) is 44.6 Å². The molecular weight excluding hydrogens is 446 g/mol. The Labute approximate surface area is 201 Å². The van der Waals surface area contributed by atoms with Crippen molar-refractivity contribution in [1.82, 2.24) is 4.98 Å². The molecule has 0 spiro atoms. The number of aromatic nitrogens is 1. The highest BCUT2D eigenvalue weighted by Gasteiger charge is 2.36. The zero-order valence-corrected chi connectivity index (χ0v) is 20.9. The van der Waals surface area contributed by atoms with Crippen molar-refractivity contribution in [3.8, 4) is 0 Å². The van der Waals surface area contributed by atoms with Crippen LogP contribution in [0.15, 0.2) is 53.4 Å². The van der Waals surface area contributed by atoms with E-state index in [0.717, 1.165) is 47.5 Å². The molecule has 6 nitrogen and oxygen atoms in total. The van der Waals surface area contributed by atoms with E-state index in [0.29, 0.717) is 24.4 Å². The lowest BCUT2D eigenvalue weighted by Crippen LogP contribution is -2.28. The van der Waals surface area contributed by atoms with Crippen LogP contribution >= 0.6 is 0 Å². The number of nitrogens with zero attached hydrogens (tertiary/aromatic N) is 3. The van der Waals surface area contributed by atoms with Gasteiger partial charge in [-0.15, -0.1) is 0 Å². The maximum Gasteiger partial charge on any atom is 0.180 e. The van der Waals surface area contributed by atoms with Crippen LogP contribution in [0.3, 0.4) is 0 Å². The van der Waals surface area contributed by atoms with Gasteiger partial charge in [0.15, 0.2) is 9.84 Å². The maximum absolute atomic E-state index is 12.9. The zero-order valence-electron chi connectivity index (χ0n) is 20.0. The summed E-state index contributed by atoms with van der Waals surface area (Å²) in [7, 11) is -3.33. The van der Waals surface area contributed by atoms with Gasteiger partial charge in [-0.3, -0.25) is 0 Å². The molecule has 0 saturated carbocycles. The third-order valence-corrected chi connectivity index (χ3v) is 8.91. The van der Waals surface area contributed by atoms with Gasteiger partial charge in [-0.2, -0.15) is 0 Å². The summed E-state index contributed by atoms with van der Waals surface area (Å²) in [6.07, 6.45) is 1.55. The molecule has 178 valence electrons. The number of hydrogen-bond donors (Lipinski definition) is 0. The molecule has 1 aromatic heterocycles. The Hall–Kier alpha value is -2.93. The third kappa shape index (κ3) is 4.29. The number of carbonyl (C=O) groups excluding carboxylic acids is 1. The number of aryl methyl sites for hydroxylation is 1. The van der Waals surface area contributed by atoms with E-state index in [9.17, 15) is 13.2 Å². The minimum atomic E-state index is -3.33. The largest absolute Gasteiger partial charge is 0.370 e. The van der Waals surface area contributed by atoms with Crippen molar-refractivity contribution in [2.24, 2.45) is 5.41 Å². The van der Waals surface area contributed by atoms with Gasteiger partial charge in [-0.1, -0.05) is 36.8 Å². The van der Waals surface area contributed by atoms with Gasteiger partial charge in [0.2, 0.25) is 0 Å². The van der Waals surface area contributed by atoms with E-state index in [-0.39, 0.29) is 17.0 Å². The van der Waals surface area contributed by atoms with Crippen molar-refractivity contribution in [2.45, 2.75) is 45.1 Å². The van der Waals surface area contributed by atoms with E-state index in [2.05, 4.69) is 41.8 Å². The second kappa shape index (κ2) is 8.38. The molecule has 7 heteroatoms. The van der Waals surface area contributed by atoms with E-state index in [4.69, 9.17) is 4.98 Å². The van der Waals surface area contributed by atoms with Gasteiger partial charge in [-0.05, 0) is 49.4 Å². The molecule has 0 amide bonds. The number of Topliss-reactive ketones (excluding diaryl/α,β-unsaturated/α-hetero) is 1. The SMILES string of the molecule is CC(=O)CC1(C)CCN(c2cc(N3CCS(=O)(=O)c4ccccc4C3)nc3ccc(C)cc23)C1. The monoisotopic (exact) mass is 477 g/mol. The molecule has 0 bridgehead atoms. The number of carbonyl (C=O) groups is 1. The maximum atomic E-state index is 12.9. The number of anilines is 2. The predicted octanol–water partition coefficient (Wildman–Crippen LogP) is 4.53. The second-order valence-electron chi connectivity index (χ2n) is 10.2. The van der Waals surface area contributed by atoms with Crippen LogP contribution in [0.1, 0.15) is 37.8 Å². The van der Waals surface area contributed by atoms with Crippen LogP contribution in [0.2, 0.25) is 0 Å². The molecule has 34 heavy (non-hydrogen) atoms. The fourth-order valence-electron chi connectivity index (χ4n) is 5.46. The molecule has 2 aromatic carbocycles. The van der Waals surface area contributed by atoms with Crippen LogP contribution in [0.4, 0.5) is 11.5 Å². The first-order chi connectivity index (χ1) is 16.1. The van der Waals surface area contributed by atoms with Crippen molar-refractivity contribution in [3.63, 3.8) is 0 Å². The Morgan fingerprint density at radius 1 is 1.09 bits per heavy atom. The third-order valence-electron chi connectivity index (χ3n) is 7.13. The molecule has 3 aromatic rings. The minimum absolute atomic E-state index is 0.0406. The minimum Gasteiger partial charge on any atom is -0.370 e. The molecule has 1 unspecified atom stereocenters. The first-order valence-electron chi connectivity index (χ1n) is 11.9. The number of hydrogen-bond acceptors (Lipinski definition) is 6. The smallest absolute Gasteiger partial charge is 0.180 e. The number of benzene rings is 2. The van der Waals surface area contributed by atoms with Crippen LogP contribution in [-0.2, 0) is 21.2 Å². The summed E-state index contributed by atoms with van der Waals surface area (Å²) < 4.78 is 25.7. The van der Waals surface area contributed by atoms with Crippen LogP contribution in [0, 0.1) is 12.3 Å². The van der Waals surface area contributed by atoms with Gasteiger partial charge < -0.3 is 14.6 Å². The molecule has 0 aliphatic carbocycles. The highest BCUT2D eigenvalue weighted by Crippen LogP contribution is 2.40. The van der Waals surface area contributed by atoms with E-state index in [1.807, 2.05) is 18.2 Å². The molecule has 1 fully saturated rings. The van der Waals surface area contributed by atoms with Gasteiger partial charge in [0.1, 0.15) is 11.6 Å². The summed E-state index contributed by atoms with van der Waals surface area (Å²) in [5.41, 5.74) is 3.95. The number of pyridine rings is 1. The fourth-order valence-corrected chi connectivity index (χ4v) is 6.96. The highest BCUT2D eigenvalue weighted by molar-refractivity contribution is 7.91. The van der Waals surface area contributed by atoms with Gasteiger partial charge >= 0.3 is 0 Å². The van der Waals surface area contributed by atoms with Crippen molar-refractivity contribution in [3.05, 3.63) is 59.7 Å². The first-order valence-corrected chi connectivity index (χ1v) is 13.5. The van der Waals surface area contributed by atoms with E-state index >= 15 is 0 Å². The van der Waals surface area contributed by atoms with Crippen molar-refractivity contribution >= 4 is 38.0 Å². The Morgan fingerprint density at radius 2 is 1.88 bits per heavy atom. The lowest BCUT2D eigenvalue weighted by Gasteiger charge is -2.28. The molecule has 2 aliphatic heterocycles. The summed E-state index contributed by atoms with van der Waals surface area (Å²) in [5.74, 6) is 1.08. The summed E-state index contributed by atoms with van der Waals surface area (Å²) >= 11 is 0. The van der Waals surface area contributed by atoms with Crippen LogP contribution < -0.4 is 9.80 Å². The zero-order chi connectivity index (χ0) is 24.1. The quantitative estimate of drug-likeness (QED) is 0.550. The van der Waals surface area contributed by atoms with Gasteiger partial charge in [0, 0.05) is 49.7 Å². The van der Waals surface area contributed by atoms with E-state index in [1.54, 1.807) is 19.1 Å². The topological polar surface area (TPSA) is 70.6 Å². The summed E-state index contributed by atoms with van der Waals surface area (Å²) in [5, 5.41) is 1.10. The van der Waals surface area contributed by atoms with Crippen molar-refractivity contribution in [2.75, 3.05) is 35.2 Å². The molecular formula is C27H31N3O3S. The van der Waals surface area contributed by atoms with Crippen LogP contribution in [0.25, 0.3) is 10.9 Å². The summed E-state index contributed by atoms with van der Waals surface area (Å²) in [6, 6.07) is 15.7. The molecule has 2 aliphatic rings. The number of fused-ring (bicyclic) bond motifs is 2. The summed E-state index contributed by atoms with van der Waals surface area (Å²) in [4.78, 5) is 21.7. The van der Waals surface area contributed by atoms with E-state index in [1.165, 1.54) is 5.56 Å². The lowest BCUT2D eigenvalue weighted by atomic mass is 9.84. The Balaban J connectivity index is 1.58. The van der Waals surface area contributed by atoms with Gasteiger partial charge in [-0.25, -0.2) is 13.4 Å². The highest BCUT2D eigenvalue weighted by atomic mass is 32.2. The standard InChI is InChI=1S/C27H31N3O3S/c1-19-8-9-23-22(14-19)24(30-11-10-27(3,18-30)16-20(2)31)15-26(28-23)29-12-13-34(32,33)25-7-5-4-6-21(25)17-29/h4-9,14-15H,10-13,16-18H2,1-3H3. The van der Waals surface area contributed by atoms with Gasteiger partial charge in [0.25, 0.3) is 0 Å². The molecule has 3 heterocycles. The molecule has 1 saturated heterocycles.